The number of carbonyl (C=O) groups excluding carboxylic acids is 2. The van der Waals surface area contributed by atoms with Crippen molar-refractivity contribution in [1.29, 1.82) is 0 Å². The first-order chi connectivity index (χ1) is 10.3. The first-order valence-corrected chi connectivity index (χ1v) is 7.89. The predicted molar refractivity (Wildman–Crippen MR) is 83.9 cm³/mol. The van der Waals surface area contributed by atoms with Gasteiger partial charge in [0.05, 0.1) is 12.8 Å². The maximum Gasteiger partial charge on any atom is 0.410 e. The summed E-state index contributed by atoms with van der Waals surface area (Å²) in [7, 11) is 1.34. The smallest absolute Gasteiger partial charge is 0.410 e. The van der Waals surface area contributed by atoms with Gasteiger partial charge in [-0.15, -0.1) is 11.3 Å². The van der Waals surface area contributed by atoms with Gasteiger partial charge in [0.15, 0.2) is 0 Å². The molecule has 1 amide bonds. The van der Waals surface area contributed by atoms with Crippen molar-refractivity contribution in [3.63, 3.8) is 0 Å². The van der Waals surface area contributed by atoms with Gasteiger partial charge in [0.2, 0.25) is 5.01 Å². The quantitative estimate of drug-likeness (QED) is 0.782. The molecular weight excluding hydrogens is 304 g/mol. The van der Waals surface area contributed by atoms with Crippen molar-refractivity contribution in [3.05, 3.63) is 22.2 Å². The summed E-state index contributed by atoms with van der Waals surface area (Å²) >= 11 is 1.26. The monoisotopic (exact) mass is 324 g/mol. The Kier molecular flexibility index (Phi) is 4.85. The molecule has 0 radical (unpaired) electrons. The highest BCUT2D eigenvalue weighted by atomic mass is 32.1. The van der Waals surface area contributed by atoms with Gasteiger partial charge >= 0.3 is 12.1 Å². The fraction of sp³-hybridized carbons (Fsp3) is 0.533. The Hall–Kier alpha value is -1.89. The van der Waals surface area contributed by atoms with Crippen LogP contribution in [0.3, 0.4) is 0 Å². The van der Waals surface area contributed by atoms with Crippen molar-refractivity contribution >= 4 is 29.0 Å². The molecule has 120 valence electrons. The molecule has 0 N–H and O–H groups in total. The largest absolute Gasteiger partial charge is 0.464 e. The van der Waals surface area contributed by atoms with Crippen molar-refractivity contribution < 1.29 is 19.1 Å². The van der Waals surface area contributed by atoms with Crippen LogP contribution < -0.4 is 0 Å². The Bertz CT molecular complexity index is 601. The average molecular weight is 324 g/mol. The third kappa shape index (κ3) is 4.07. The van der Waals surface area contributed by atoms with Crippen molar-refractivity contribution in [3.8, 4) is 0 Å². The summed E-state index contributed by atoms with van der Waals surface area (Å²) < 4.78 is 10.0. The summed E-state index contributed by atoms with van der Waals surface area (Å²) in [6.45, 7) is 6.60. The van der Waals surface area contributed by atoms with E-state index >= 15 is 0 Å². The molecule has 0 saturated carbocycles. The van der Waals surface area contributed by atoms with Gasteiger partial charge in [-0.2, -0.15) is 0 Å². The molecule has 7 heteroatoms. The lowest BCUT2D eigenvalue weighted by Crippen LogP contribution is -2.39. The molecule has 0 atom stereocenters. The molecule has 0 unspecified atom stereocenters. The number of esters is 1. The summed E-state index contributed by atoms with van der Waals surface area (Å²) in [4.78, 5) is 29.3. The molecule has 1 aromatic heterocycles. The fourth-order valence-corrected chi connectivity index (χ4v) is 2.75. The number of hydrogen-bond donors (Lipinski definition) is 0. The van der Waals surface area contributed by atoms with Crippen LogP contribution in [0.2, 0.25) is 0 Å². The average Bonchev–Trinajstić information content (AvgIpc) is 2.94. The summed E-state index contributed by atoms with van der Waals surface area (Å²) in [5.74, 6) is -0.428. The first-order valence-electron chi connectivity index (χ1n) is 7.01. The minimum Gasteiger partial charge on any atom is -0.464 e. The number of amides is 1. The van der Waals surface area contributed by atoms with Gasteiger partial charge in [0, 0.05) is 18.5 Å². The number of carbonyl (C=O) groups is 2. The molecular formula is C15H20N2O4S. The van der Waals surface area contributed by atoms with Crippen LogP contribution >= 0.6 is 11.3 Å². The molecule has 1 aliphatic rings. The molecule has 6 nitrogen and oxygen atoms in total. The zero-order valence-corrected chi connectivity index (χ0v) is 14.0. The van der Waals surface area contributed by atoms with Crippen LogP contribution in [-0.2, 0) is 9.47 Å². The molecule has 0 aliphatic carbocycles. The number of ether oxygens (including phenoxy) is 2. The molecule has 1 aromatic rings. The third-order valence-corrected chi connectivity index (χ3v) is 3.88. The molecule has 0 saturated heterocycles. The number of thiazole rings is 1. The van der Waals surface area contributed by atoms with Gasteiger partial charge in [-0.05, 0) is 32.8 Å². The lowest BCUT2D eigenvalue weighted by molar-refractivity contribution is 0.0270. The molecule has 0 spiro atoms. The van der Waals surface area contributed by atoms with Crippen molar-refractivity contribution in [2.75, 3.05) is 20.2 Å². The summed E-state index contributed by atoms with van der Waals surface area (Å²) in [5.41, 5.74) is 1.31. The van der Waals surface area contributed by atoms with Gasteiger partial charge < -0.3 is 14.4 Å². The highest BCUT2D eigenvalue weighted by molar-refractivity contribution is 7.11. The van der Waals surface area contributed by atoms with Crippen LogP contribution in [0.15, 0.2) is 11.5 Å². The number of hydrogen-bond acceptors (Lipinski definition) is 6. The van der Waals surface area contributed by atoms with Gasteiger partial charge in [-0.25, -0.2) is 14.6 Å². The van der Waals surface area contributed by atoms with Crippen LogP contribution in [0.1, 0.15) is 42.7 Å². The molecule has 0 aromatic carbocycles. The zero-order chi connectivity index (χ0) is 16.3. The van der Waals surface area contributed by atoms with E-state index in [2.05, 4.69) is 9.72 Å². The summed E-state index contributed by atoms with van der Waals surface area (Å²) in [5, 5.41) is 2.18. The van der Waals surface area contributed by atoms with Crippen LogP contribution in [0.4, 0.5) is 4.79 Å². The van der Waals surface area contributed by atoms with Crippen molar-refractivity contribution in [2.24, 2.45) is 0 Å². The molecule has 0 fully saturated rings. The maximum absolute atomic E-state index is 12.0. The van der Waals surface area contributed by atoms with E-state index in [1.807, 2.05) is 32.2 Å². The van der Waals surface area contributed by atoms with E-state index in [9.17, 15) is 9.59 Å². The lowest BCUT2D eigenvalue weighted by Gasteiger charge is -2.29. The Morgan fingerprint density at radius 3 is 2.64 bits per heavy atom. The lowest BCUT2D eigenvalue weighted by atomic mass is 10.1. The Morgan fingerprint density at radius 2 is 2.09 bits per heavy atom. The number of nitrogens with zero attached hydrogens (tertiary/aromatic N) is 2. The molecule has 2 rings (SSSR count). The standard InChI is InChI=1S/C15H20N2O4S/c1-15(2,3)21-14(19)17-7-5-10(6-8-17)11-9-22-12(16-11)13(18)20-4/h5,9H,6-8H2,1-4H3. The van der Waals surface area contributed by atoms with E-state index in [0.717, 1.165) is 11.3 Å². The van der Waals surface area contributed by atoms with Gasteiger partial charge in [0.1, 0.15) is 5.60 Å². The number of methoxy groups -OCH3 is 1. The van der Waals surface area contributed by atoms with Crippen molar-refractivity contribution in [2.45, 2.75) is 32.8 Å². The normalized spacial score (nSPS) is 15.3. The number of rotatable bonds is 2. The minimum absolute atomic E-state index is 0.309. The highest BCUT2D eigenvalue weighted by Gasteiger charge is 2.24. The van der Waals surface area contributed by atoms with Crippen LogP contribution in [-0.4, -0.2) is 47.7 Å². The highest BCUT2D eigenvalue weighted by Crippen LogP contribution is 2.25. The van der Waals surface area contributed by atoms with Crippen molar-refractivity contribution in [1.82, 2.24) is 9.88 Å². The topological polar surface area (TPSA) is 68.7 Å². The second-order valence-corrected chi connectivity index (χ2v) is 6.79. The zero-order valence-electron chi connectivity index (χ0n) is 13.2. The Labute approximate surface area is 133 Å². The minimum atomic E-state index is -0.495. The van der Waals surface area contributed by atoms with E-state index in [-0.39, 0.29) is 6.09 Å². The van der Waals surface area contributed by atoms with E-state index in [1.54, 1.807) is 4.90 Å². The Balaban J connectivity index is 2.01. The van der Waals surface area contributed by atoms with Gasteiger partial charge in [-0.1, -0.05) is 6.08 Å². The summed E-state index contributed by atoms with van der Waals surface area (Å²) in [6, 6.07) is 0. The third-order valence-electron chi connectivity index (χ3n) is 3.05. The Morgan fingerprint density at radius 1 is 1.36 bits per heavy atom. The van der Waals surface area contributed by atoms with Gasteiger partial charge in [0.25, 0.3) is 0 Å². The van der Waals surface area contributed by atoms with E-state index in [0.29, 0.717) is 24.5 Å². The second kappa shape index (κ2) is 6.48. The molecule has 0 bridgehead atoms. The fourth-order valence-electron chi connectivity index (χ4n) is 2.00. The van der Waals surface area contributed by atoms with E-state index < -0.39 is 11.6 Å². The predicted octanol–water partition coefficient (Wildman–Crippen LogP) is 2.95. The van der Waals surface area contributed by atoms with Crippen LogP contribution in [0.5, 0.6) is 0 Å². The molecule has 22 heavy (non-hydrogen) atoms. The van der Waals surface area contributed by atoms with Crippen LogP contribution in [0.25, 0.3) is 5.57 Å². The molecule has 2 heterocycles. The maximum atomic E-state index is 12.0. The van der Waals surface area contributed by atoms with Crippen LogP contribution in [0, 0.1) is 0 Å². The van der Waals surface area contributed by atoms with E-state index in [4.69, 9.17) is 4.74 Å². The number of aromatic nitrogens is 1. The summed E-state index contributed by atoms with van der Waals surface area (Å²) in [6.07, 6.45) is 2.32. The SMILES string of the molecule is COC(=O)c1nc(C2=CCN(C(=O)OC(C)(C)C)CC2)cs1. The second-order valence-electron chi connectivity index (χ2n) is 5.94. The van der Waals surface area contributed by atoms with E-state index in [1.165, 1.54) is 18.4 Å². The van der Waals surface area contributed by atoms with Gasteiger partial charge in [-0.3, -0.25) is 0 Å². The molecule has 1 aliphatic heterocycles. The first kappa shape index (κ1) is 16.5.